The van der Waals surface area contributed by atoms with Gasteiger partial charge in [-0.15, -0.1) is 0 Å². The summed E-state index contributed by atoms with van der Waals surface area (Å²) in [4.78, 5) is 21.2. The normalized spacial score (nSPS) is 12.7. The molecule has 0 aromatic heterocycles. The second-order valence-electron chi connectivity index (χ2n) is 3.95. The maximum Gasteiger partial charge on any atom is 0.282 e. The zero-order valence-electron chi connectivity index (χ0n) is 11.3. The van der Waals surface area contributed by atoms with Crippen molar-refractivity contribution >= 4 is 11.9 Å². The molecule has 0 bridgehead atoms. The Bertz CT molecular complexity index is 552. The predicted octanol–water partition coefficient (Wildman–Crippen LogP) is 1.27. The molecule has 1 rings (SSSR count). The van der Waals surface area contributed by atoms with Gasteiger partial charge < -0.3 is 14.6 Å². The molecule has 0 heterocycles. The zero-order chi connectivity index (χ0) is 15.3. The van der Waals surface area contributed by atoms with E-state index in [0.29, 0.717) is 17.1 Å². The monoisotopic (exact) mass is 281 g/mol. The molecule has 0 amide bonds. The number of carbonyl (C=O) groups is 1. The minimum Gasteiger partial charge on any atom is -0.497 e. The maximum atomic E-state index is 11.1. The number of methoxy groups -OCH3 is 2. The van der Waals surface area contributed by atoms with Crippen LogP contribution in [0.25, 0.3) is 6.08 Å². The van der Waals surface area contributed by atoms with E-state index in [-0.39, 0.29) is 0 Å². The number of aliphatic hydroxyl groups excluding tert-OH is 1. The number of hydrogen-bond acceptors (Lipinski definition) is 6. The molecule has 7 nitrogen and oxygen atoms in total. The molecule has 0 saturated heterocycles. The van der Waals surface area contributed by atoms with Gasteiger partial charge in [-0.1, -0.05) is 0 Å². The van der Waals surface area contributed by atoms with E-state index in [1.54, 1.807) is 12.1 Å². The van der Waals surface area contributed by atoms with Crippen LogP contribution >= 0.6 is 0 Å². The highest BCUT2D eigenvalue weighted by Gasteiger charge is 2.27. The van der Waals surface area contributed by atoms with Gasteiger partial charge in [0.05, 0.1) is 19.1 Å². The van der Waals surface area contributed by atoms with Crippen LogP contribution in [-0.4, -0.2) is 36.1 Å². The van der Waals surface area contributed by atoms with Gasteiger partial charge in [-0.05, 0) is 19.1 Å². The number of rotatable bonds is 6. The molecular weight excluding hydrogens is 266 g/mol. The third kappa shape index (κ3) is 3.55. The average molecular weight is 281 g/mol. The SMILES string of the molecule is COc1ccc(/C=C(\C(O)C(C)=O)[N+](=O)[O-])c(OC)c1. The highest BCUT2D eigenvalue weighted by molar-refractivity contribution is 5.84. The topological polar surface area (TPSA) is 98.9 Å². The summed E-state index contributed by atoms with van der Waals surface area (Å²) in [5.74, 6) is 0.147. The van der Waals surface area contributed by atoms with Crippen LogP contribution in [-0.2, 0) is 4.79 Å². The molecule has 1 atom stereocenters. The van der Waals surface area contributed by atoms with Crippen molar-refractivity contribution in [3.05, 3.63) is 39.6 Å². The maximum absolute atomic E-state index is 11.1. The van der Waals surface area contributed by atoms with Gasteiger partial charge in [-0.25, -0.2) is 0 Å². The molecule has 0 aliphatic rings. The van der Waals surface area contributed by atoms with E-state index in [9.17, 15) is 20.0 Å². The van der Waals surface area contributed by atoms with Crippen LogP contribution in [0, 0.1) is 10.1 Å². The molecule has 7 heteroatoms. The lowest BCUT2D eigenvalue weighted by atomic mass is 10.1. The van der Waals surface area contributed by atoms with Gasteiger partial charge in [0, 0.05) is 17.7 Å². The van der Waals surface area contributed by atoms with Gasteiger partial charge in [0.2, 0.25) is 6.10 Å². The van der Waals surface area contributed by atoms with Gasteiger partial charge in [-0.2, -0.15) is 0 Å². The lowest BCUT2D eigenvalue weighted by molar-refractivity contribution is -0.432. The van der Waals surface area contributed by atoms with E-state index in [2.05, 4.69) is 0 Å². The first-order valence-electron chi connectivity index (χ1n) is 5.67. The number of aliphatic hydroxyl groups is 1. The predicted molar refractivity (Wildman–Crippen MR) is 71.2 cm³/mol. The molecule has 0 aliphatic carbocycles. The lowest BCUT2D eigenvalue weighted by Gasteiger charge is -2.08. The van der Waals surface area contributed by atoms with Crippen molar-refractivity contribution in [2.24, 2.45) is 0 Å². The zero-order valence-corrected chi connectivity index (χ0v) is 11.3. The molecule has 0 spiro atoms. The van der Waals surface area contributed by atoms with E-state index < -0.39 is 22.5 Å². The second-order valence-corrected chi connectivity index (χ2v) is 3.95. The van der Waals surface area contributed by atoms with Crippen molar-refractivity contribution in [2.75, 3.05) is 14.2 Å². The molecule has 1 aromatic carbocycles. The molecule has 0 saturated carbocycles. The molecule has 1 unspecified atom stereocenters. The molecule has 0 fully saturated rings. The van der Waals surface area contributed by atoms with Crippen LogP contribution in [0.5, 0.6) is 11.5 Å². The highest BCUT2D eigenvalue weighted by Crippen LogP contribution is 2.27. The van der Waals surface area contributed by atoms with Crippen LogP contribution in [0.4, 0.5) is 0 Å². The first-order chi connectivity index (χ1) is 9.40. The number of nitro groups is 1. The summed E-state index contributed by atoms with van der Waals surface area (Å²) in [6, 6.07) is 4.67. The lowest BCUT2D eigenvalue weighted by Crippen LogP contribution is -2.24. The number of carbonyl (C=O) groups excluding carboxylic acids is 1. The Labute approximate surface area is 115 Å². The van der Waals surface area contributed by atoms with Crippen LogP contribution in [0.2, 0.25) is 0 Å². The summed E-state index contributed by atoms with van der Waals surface area (Å²) in [5.41, 5.74) is -0.249. The third-order valence-electron chi connectivity index (χ3n) is 2.62. The highest BCUT2D eigenvalue weighted by atomic mass is 16.6. The van der Waals surface area contributed by atoms with Crippen molar-refractivity contribution in [1.82, 2.24) is 0 Å². The van der Waals surface area contributed by atoms with E-state index in [1.807, 2.05) is 0 Å². The fourth-order valence-corrected chi connectivity index (χ4v) is 1.54. The smallest absolute Gasteiger partial charge is 0.282 e. The first-order valence-corrected chi connectivity index (χ1v) is 5.67. The van der Waals surface area contributed by atoms with Gasteiger partial charge in [-0.3, -0.25) is 14.9 Å². The Morgan fingerprint density at radius 1 is 1.40 bits per heavy atom. The van der Waals surface area contributed by atoms with E-state index in [0.717, 1.165) is 13.0 Å². The van der Waals surface area contributed by atoms with Crippen molar-refractivity contribution < 1.29 is 24.3 Å². The van der Waals surface area contributed by atoms with Crippen LogP contribution in [0.15, 0.2) is 23.9 Å². The summed E-state index contributed by atoms with van der Waals surface area (Å²) in [7, 11) is 2.88. The van der Waals surface area contributed by atoms with E-state index >= 15 is 0 Å². The summed E-state index contributed by atoms with van der Waals surface area (Å²) in [6.45, 7) is 1.08. The molecule has 0 radical (unpaired) electrons. The van der Waals surface area contributed by atoms with Crippen molar-refractivity contribution in [1.29, 1.82) is 0 Å². The summed E-state index contributed by atoms with van der Waals surface area (Å²) >= 11 is 0. The van der Waals surface area contributed by atoms with Crippen LogP contribution < -0.4 is 9.47 Å². The number of hydrogen-bond donors (Lipinski definition) is 1. The van der Waals surface area contributed by atoms with Gasteiger partial charge in [0.15, 0.2) is 5.78 Å². The van der Waals surface area contributed by atoms with E-state index in [4.69, 9.17) is 9.47 Å². The number of ketones is 1. The summed E-state index contributed by atoms with van der Waals surface area (Å²) in [6.07, 6.45) is -0.679. The second kappa shape index (κ2) is 6.67. The molecule has 0 aliphatic heterocycles. The first kappa shape index (κ1) is 15.6. The summed E-state index contributed by atoms with van der Waals surface area (Å²) in [5, 5.41) is 20.5. The Kier molecular flexibility index (Phi) is 5.22. The minimum absolute atomic E-state index is 0.333. The van der Waals surface area contributed by atoms with Crippen molar-refractivity contribution in [3.63, 3.8) is 0 Å². The quantitative estimate of drug-likeness (QED) is 0.622. The third-order valence-corrected chi connectivity index (χ3v) is 2.62. The molecular formula is C13H15NO6. The van der Waals surface area contributed by atoms with Crippen molar-refractivity contribution in [2.45, 2.75) is 13.0 Å². The fourth-order valence-electron chi connectivity index (χ4n) is 1.54. The Morgan fingerprint density at radius 3 is 2.50 bits per heavy atom. The van der Waals surface area contributed by atoms with Crippen LogP contribution in [0.1, 0.15) is 12.5 Å². The molecule has 20 heavy (non-hydrogen) atoms. The molecule has 1 aromatic rings. The molecule has 108 valence electrons. The van der Waals surface area contributed by atoms with Crippen LogP contribution in [0.3, 0.4) is 0 Å². The number of ether oxygens (including phenoxy) is 2. The van der Waals surface area contributed by atoms with Gasteiger partial charge in [0.25, 0.3) is 5.70 Å². The Hall–Kier alpha value is -2.41. The number of Topliss-reactive ketones (excluding diaryl/α,β-unsaturated/α-hetero) is 1. The summed E-state index contributed by atoms with van der Waals surface area (Å²) < 4.78 is 10.1. The standard InChI is InChI=1S/C13H15NO6/c1-8(15)13(16)11(14(17)18)6-9-4-5-10(19-2)7-12(9)20-3/h4-7,13,16H,1-3H3/b11-6+. The number of nitrogens with zero attached hydrogens (tertiary/aromatic N) is 1. The number of benzene rings is 1. The van der Waals surface area contributed by atoms with Gasteiger partial charge in [0.1, 0.15) is 11.5 Å². The molecule has 1 N–H and O–H groups in total. The van der Waals surface area contributed by atoms with E-state index in [1.165, 1.54) is 20.3 Å². The average Bonchev–Trinajstić information content (AvgIpc) is 2.43. The fraction of sp³-hybridized carbons (Fsp3) is 0.308. The van der Waals surface area contributed by atoms with Gasteiger partial charge >= 0.3 is 0 Å². The van der Waals surface area contributed by atoms with Crippen molar-refractivity contribution in [3.8, 4) is 11.5 Å². The largest absolute Gasteiger partial charge is 0.497 e. The Morgan fingerprint density at radius 2 is 2.05 bits per heavy atom. The minimum atomic E-state index is -1.78. The Balaban J connectivity index is 3.30.